The molecule has 0 aliphatic heterocycles. The number of benzene rings is 1. The number of carbonyl (C=O) groups excluding carboxylic acids is 1. The molecule has 0 N–H and O–H groups in total. The molecular weight excluding hydrogens is 234 g/mol. The van der Waals surface area contributed by atoms with Crippen molar-refractivity contribution in [2.45, 2.75) is 13.8 Å². The molecule has 0 amide bonds. The van der Waals surface area contributed by atoms with E-state index in [1.807, 2.05) is 26.0 Å². The van der Waals surface area contributed by atoms with Crippen LogP contribution in [-0.4, -0.2) is 18.4 Å². The van der Waals surface area contributed by atoms with E-state index in [1.165, 1.54) is 0 Å². The van der Waals surface area contributed by atoms with E-state index < -0.39 is 0 Å². The lowest BCUT2D eigenvalue weighted by Gasteiger charge is -2.05. The first-order chi connectivity index (χ1) is 8.15. The minimum absolute atomic E-state index is 0.635. The normalized spacial score (nSPS) is 10.3. The average molecular weight is 247 g/mol. The van der Waals surface area contributed by atoms with Crippen LogP contribution in [0.4, 0.5) is 0 Å². The van der Waals surface area contributed by atoms with Gasteiger partial charge in [-0.2, -0.15) is 0 Å². The van der Waals surface area contributed by atoms with Crippen LogP contribution < -0.4 is 4.74 Å². The van der Waals surface area contributed by atoms with Crippen LogP contribution in [0.15, 0.2) is 18.2 Å². The largest absolute Gasteiger partial charge is 0.497 e. The van der Waals surface area contributed by atoms with Gasteiger partial charge in [-0.15, -0.1) is 11.3 Å². The lowest BCUT2D eigenvalue weighted by molar-refractivity contribution is 0.112. The highest BCUT2D eigenvalue weighted by Crippen LogP contribution is 2.33. The van der Waals surface area contributed by atoms with Crippen molar-refractivity contribution in [3.8, 4) is 16.2 Å². The van der Waals surface area contributed by atoms with E-state index in [0.717, 1.165) is 27.4 Å². The summed E-state index contributed by atoms with van der Waals surface area (Å²) in [5, 5.41) is 1.00. The third-order valence-corrected chi connectivity index (χ3v) is 3.64. The van der Waals surface area contributed by atoms with Gasteiger partial charge in [-0.25, -0.2) is 4.98 Å². The van der Waals surface area contributed by atoms with Crippen LogP contribution in [0.2, 0.25) is 0 Å². The van der Waals surface area contributed by atoms with Crippen LogP contribution in [0.5, 0.6) is 5.75 Å². The molecule has 0 bridgehead atoms. The van der Waals surface area contributed by atoms with Crippen molar-refractivity contribution in [3.63, 3.8) is 0 Å². The molecule has 1 aromatic heterocycles. The zero-order chi connectivity index (χ0) is 12.4. The van der Waals surface area contributed by atoms with Crippen LogP contribution in [0.3, 0.4) is 0 Å². The van der Waals surface area contributed by atoms with Gasteiger partial charge >= 0.3 is 0 Å². The Morgan fingerprint density at radius 2 is 2.12 bits per heavy atom. The van der Waals surface area contributed by atoms with Crippen molar-refractivity contribution >= 4 is 17.6 Å². The van der Waals surface area contributed by atoms with E-state index in [4.69, 9.17) is 4.74 Å². The second-order valence-electron chi connectivity index (χ2n) is 3.72. The van der Waals surface area contributed by atoms with E-state index in [0.29, 0.717) is 11.3 Å². The predicted octanol–water partition coefficient (Wildman–Crippen LogP) is 3.25. The van der Waals surface area contributed by atoms with Gasteiger partial charge in [0.25, 0.3) is 0 Å². The van der Waals surface area contributed by atoms with Gasteiger partial charge in [0.2, 0.25) is 0 Å². The van der Waals surface area contributed by atoms with Crippen LogP contribution in [-0.2, 0) is 0 Å². The SMILES string of the molecule is COc1ccc(-c2sc(C)nc2C)c(C=O)c1. The zero-order valence-electron chi connectivity index (χ0n) is 9.98. The van der Waals surface area contributed by atoms with Crippen LogP contribution >= 0.6 is 11.3 Å². The lowest BCUT2D eigenvalue weighted by Crippen LogP contribution is -1.90. The van der Waals surface area contributed by atoms with Crippen molar-refractivity contribution in [2.24, 2.45) is 0 Å². The molecule has 17 heavy (non-hydrogen) atoms. The molecule has 3 nitrogen and oxygen atoms in total. The molecule has 4 heteroatoms. The molecule has 1 heterocycles. The third kappa shape index (κ3) is 2.22. The molecule has 0 radical (unpaired) electrons. The average Bonchev–Trinajstić information content (AvgIpc) is 2.67. The molecule has 1 aromatic carbocycles. The fourth-order valence-electron chi connectivity index (χ4n) is 1.75. The minimum Gasteiger partial charge on any atom is -0.497 e. The summed E-state index contributed by atoms with van der Waals surface area (Å²) < 4.78 is 5.11. The van der Waals surface area contributed by atoms with E-state index in [1.54, 1.807) is 24.5 Å². The number of aromatic nitrogens is 1. The van der Waals surface area contributed by atoms with E-state index in [2.05, 4.69) is 4.98 Å². The highest BCUT2D eigenvalue weighted by molar-refractivity contribution is 7.15. The molecule has 0 fully saturated rings. The quantitative estimate of drug-likeness (QED) is 0.781. The topological polar surface area (TPSA) is 39.2 Å². The first-order valence-electron chi connectivity index (χ1n) is 5.23. The Kier molecular flexibility index (Phi) is 3.24. The Bertz CT molecular complexity index is 561. The summed E-state index contributed by atoms with van der Waals surface area (Å²) in [5.74, 6) is 0.690. The molecule has 0 atom stereocenters. The van der Waals surface area contributed by atoms with Gasteiger partial charge in [-0.3, -0.25) is 4.79 Å². The van der Waals surface area contributed by atoms with Crippen LogP contribution in [0.25, 0.3) is 10.4 Å². The van der Waals surface area contributed by atoms with Crippen LogP contribution in [0, 0.1) is 13.8 Å². The van der Waals surface area contributed by atoms with Gasteiger partial charge in [0.15, 0.2) is 6.29 Å². The summed E-state index contributed by atoms with van der Waals surface area (Å²) in [7, 11) is 1.59. The van der Waals surface area contributed by atoms with Gasteiger partial charge in [-0.1, -0.05) is 0 Å². The number of carbonyl (C=O) groups is 1. The second kappa shape index (κ2) is 4.67. The summed E-state index contributed by atoms with van der Waals surface area (Å²) >= 11 is 1.60. The highest BCUT2D eigenvalue weighted by atomic mass is 32.1. The standard InChI is InChI=1S/C13H13NO2S/c1-8-13(17-9(2)14-8)12-5-4-11(16-3)6-10(12)7-15/h4-7H,1-3H3. The molecule has 2 aromatic rings. The monoisotopic (exact) mass is 247 g/mol. The van der Waals surface area contributed by atoms with Crippen molar-refractivity contribution in [3.05, 3.63) is 34.5 Å². The first-order valence-corrected chi connectivity index (χ1v) is 6.05. The maximum Gasteiger partial charge on any atom is 0.150 e. The molecular formula is C13H13NO2S. The first kappa shape index (κ1) is 11.8. The van der Waals surface area contributed by atoms with Crippen LogP contribution in [0.1, 0.15) is 21.1 Å². The van der Waals surface area contributed by atoms with Gasteiger partial charge in [-0.05, 0) is 32.0 Å². The Morgan fingerprint density at radius 3 is 2.65 bits per heavy atom. The Hall–Kier alpha value is -1.68. The summed E-state index contributed by atoms with van der Waals surface area (Å²) in [6.45, 7) is 3.92. The molecule has 88 valence electrons. The smallest absolute Gasteiger partial charge is 0.150 e. The van der Waals surface area contributed by atoms with Crippen molar-refractivity contribution < 1.29 is 9.53 Å². The van der Waals surface area contributed by atoms with Gasteiger partial charge < -0.3 is 4.74 Å². The van der Waals surface area contributed by atoms with Gasteiger partial charge in [0.1, 0.15) is 5.75 Å². The van der Waals surface area contributed by atoms with E-state index >= 15 is 0 Å². The molecule has 0 spiro atoms. The fourth-order valence-corrected chi connectivity index (χ4v) is 2.72. The zero-order valence-corrected chi connectivity index (χ0v) is 10.8. The Morgan fingerprint density at radius 1 is 1.35 bits per heavy atom. The highest BCUT2D eigenvalue weighted by Gasteiger charge is 2.12. The summed E-state index contributed by atoms with van der Waals surface area (Å²) in [4.78, 5) is 16.5. The predicted molar refractivity (Wildman–Crippen MR) is 69.0 cm³/mol. The maximum atomic E-state index is 11.1. The number of aryl methyl sites for hydroxylation is 2. The van der Waals surface area contributed by atoms with Crippen molar-refractivity contribution in [1.29, 1.82) is 0 Å². The molecule has 0 aliphatic carbocycles. The molecule has 2 rings (SSSR count). The van der Waals surface area contributed by atoms with Gasteiger partial charge in [0.05, 0.1) is 22.7 Å². The number of methoxy groups -OCH3 is 1. The fraction of sp³-hybridized carbons (Fsp3) is 0.231. The van der Waals surface area contributed by atoms with E-state index in [9.17, 15) is 4.79 Å². The maximum absolute atomic E-state index is 11.1. The number of hydrogen-bond donors (Lipinski definition) is 0. The number of rotatable bonds is 3. The number of thiazole rings is 1. The summed E-state index contributed by atoms with van der Waals surface area (Å²) in [6, 6.07) is 5.51. The lowest BCUT2D eigenvalue weighted by atomic mass is 10.1. The number of ether oxygens (including phenoxy) is 1. The summed E-state index contributed by atoms with van der Waals surface area (Å²) in [6.07, 6.45) is 0.854. The molecule has 0 saturated heterocycles. The van der Waals surface area contributed by atoms with Crippen molar-refractivity contribution in [1.82, 2.24) is 4.98 Å². The number of hydrogen-bond acceptors (Lipinski definition) is 4. The molecule has 0 unspecified atom stereocenters. The Balaban J connectivity index is 2.59. The van der Waals surface area contributed by atoms with Crippen molar-refractivity contribution in [2.75, 3.05) is 7.11 Å². The molecule has 0 saturated carbocycles. The number of nitrogens with zero attached hydrogens (tertiary/aromatic N) is 1. The minimum atomic E-state index is 0.635. The molecule has 0 aliphatic rings. The summed E-state index contributed by atoms with van der Waals surface area (Å²) in [5.41, 5.74) is 2.51. The number of aldehydes is 1. The third-order valence-electron chi connectivity index (χ3n) is 2.53. The second-order valence-corrected chi connectivity index (χ2v) is 4.92. The van der Waals surface area contributed by atoms with E-state index in [-0.39, 0.29) is 0 Å². The Labute approximate surface area is 104 Å². The van der Waals surface area contributed by atoms with Gasteiger partial charge in [0, 0.05) is 11.1 Å².